The largest absolute Gasteiger partial charge is 0.477 e. The molecule has 1 aliphatic heterocycles. The van der Waals surface area contributed by atoms with Crippen LogP contribution in [0.5, 0.6) is 5.75 Å². The van der Waals surface area contributed by atoms with E-state index in [0.29, 0.717) is 24.4 Å². The third-order valence-electron chi connectivity index (χ3n) is 3.93. The molecule has 0 saturated heterocycles. The molecule has 0 fully saturated rings. The number of methoxy groups -OCH3 is 1. The van der Waals surface area contributed by atoms with E-state index in [1.54, 1.807) is 12.1 Å². The molecule has 1 atom stereocenters. The average Bonchev–Trinajstić information content (AvgIpc) is 2.61. The van der Waals surface area contributed by atoms with Crippen molar-refractivity contribution in [3.05, 3.63) is 59.7 Å². The molecular weight excluding hydrogens is 308 g/mol. The molecule has 0 spiro atoms. The van der Waals surface area contributed by atoms with Crippen molar-refractivity contribution in [2.45, 2.75) is 12.6 Å². The first-order valence-corrected chi connectivity index (χ1v) is 7.55. The smallest absolute Gasteiger partial charge is 0.337 e. The lowest BCUT2D eigenvalue weighted by Crippen LogP contribution is -2.46. The second-order valence-corrected chi connectivity index (χ2v) is 5.55. The lowest BCUT2D eigenvalue weighted by molar-refractivity contribution is -0.124. The molecule has 0 bridgehead atoms. The summed E-state index contributed by atoms with van der Waals surface area (Å²) in [5, 5.41) is 0. The molecule has 24 heavy (non-hydrogen) atoms. The molecule has 1 amide bonds. The van der Waals surface area contributed by atoms with Crippen LogP contribution in [0.3, 0.4) is 0 Å². The summed E-state index contributed by atoms with van der Waals surface area (Å²) in [5.41, 5.74) is 7.82. The fraction of sp³-hybridized carbons (Fsp3) is 0.222. The minimum absolute atomic E-state index is 0.368. The van der Waals surface area contributed by atoms with Crippen LogP contribution in [0.4, 0.5) is 5.69 Å². The lowest BCUT2D eigenvalue weighted by Gasteiger charge is -2.35. The zero-order valence-corrected chi connectivity index (χ0v) is 13.3. The van der Waals surface area contributed by atoms with Gasteiger partial charge in [-0.05, 0) is 29.8 Å². The third kappa shape index (κ3) is 3.17. The number of carbonyl (C=O) groups excluding carboxylic acids is 2. The summed E-state index contributed by atoms with van der Waals surface area (Å²) in [6.07, 6.45) is -0.686. The van der Waals surface area contributed by atoms with Gasteiger partial charge in [-0.25, -0.2) is 4.79 Å². The number of carbonyl (C=O) groups is 2. The van der Waals surface area contributed by atoms with Crippen molar-refractivity contribution < 1.29 is 19.1 Å². The normalized spacial score (nSPS) is 16.0. The topological polar surface area (TPSA) is 81.9 Å². The molecule has 6 heteroatoms. The molecule has 2 aromatic carbocycles. The molecule has 0 aromatic heterocycles. The Bertz CT molecular complexity index is 758. The first kappa shape index (κ1) is 15.9. The van der Waals surface area contributed by atoms with Crippen molar-refractivity contribution in [3.63, 3.8) is 0 Å². The first-order valence-electron chi connectivity index (χ1n) is 7.55. The van der Waals surface area contributed by atoms with Crippen molar-refractivity contribution in [2.24, 2.45) is 5.73 Å². The molecule has 2 aromatic rings. The van der Waals surface area contributed by atoms with Crippen LogP contribution in [-0.2, 0) is 16.1 Å². The Hall–Kier alpha value is -3.02. The van der Waals surface area contributed by atoms with Gasteiger partial charge in [0.05, 0.1) is 24.9 Å². The molecule has 1 heterocycles. The number of rotatable bonds is 4. The van der Waals surface area contributed by atoms with E-state index in [2.05, 4.69) is 0 Å². The van der Waals surface area contributed by atoms with Crippen LogP contribution in [0.25, 0.3) is 0 Å². The zero-order chi connectivity index (χ0) is 17.1. The van der Waals surface area contributed by atoms with Crippen LogP contribution in [-0.4, -0.2) is 31.6 Å². The van der Waals surface area contributed by atoms with E-state index in [9.17, 15) is 9.59 Å². The molecule has 3 rings (SSSR count). The van der Waals surface area contributed by atoms with Crippen molar-refractivity contribution >= 4 is 17.6 Å². The number of amides is 1. The second-order valence-electron chi connectivity index (χ2n) is 5.55. The van der Waals surface area contributed by atoms with E-state index < -0.39 is 12.0 Å². The number of nitrogens with zero attached hydrogens (tertiary/aromatic N) is 1. The van der Waals surface area contributed by atoms with Crippen molar-refractivity contribution in [1.82, 2.24) is 0 Å². The molecule has 1 aliphatic rings. The third-order valence-corrected chi connectivity index (χ3v) is 3.93. The van der Waals surface area contributed by atoms with Crippen LogP contribution >= 0.6 is 0 Å². The van der Waals surface area contributed by atoms with E-state index >= 15 is 0 Å². The molecule has 0 radical (unpaired) electrons. The molecule has 2 N–H and O–H groups in total. The van der Waals surface area contributed by atoms with Crippen molar-refractivity contribution in [2.75, 3.05) is 18.6 Å². The number of hydrogen-bond donors (Lipinski definition) is 1. The standard InChI is InChI=1S/C18H18N2O4/c1-23-18(22)13-8-6-12(7-9-13)10-20-11-16(17(19)21)24-15-5-3-2-4-14(15)20/h2-9,16H,10-11H2,1H3,(H2,19,21). The lowest BCUT2D eigenvalue weighted by atomic mass is 10.1. The molecular formula is C18H18N2O4. The van der Waals surface area contributed by atoms with E-state index in [-0.39, 0.29) is 5.97 Å². The maximum atomic E-state index is 11.5. The Labute approximate surface area is 139 Å². The zero-order valence-electron chi connectivity index (χ0n) is 13.3. The Balaban J connectivity index is 1.83. The number of fused-ring (bicyclic) bond motifs is 1. The second kappa shape index (κ2) is 6.62. The van der Waals surface area contributed by atoms with Crippen molar-refractivity contribution in [1.29, 1.82) is 0 Å². The number of hydrogen-bond acceptors (Lipinski definition) is 5. The predicted molar refractivity (Wildman–Crippen MR) is 88.9 cm³/mol. The number of benzene rings is 2. The summed E-state index contributed by atoms with van der Waals surface area (Å²) in [6, 6.07) is 14.7. The SMILES string of the molecule is COC(=O)c1ccc(CN2CC(C(N)=O)Oc3ccccc32)cc1. The Morgan fingerprint density at radius 3 is 2.58 bits per heavy atom. The summed E-state index contributed by atoms with van der Waals surface area (Å²) < 4.78 is 10.3. The highest BCUT2D eigenvalue weighted by Gasteiger charge is 2.29. The van der Waals surface area contributed by atoms with Crippen molar-refractivity contribution in [3.8, 4) is 5.75 Å². The highest BCUT2D eigenvalue weighted by Crippen LogP contribution is 2.34. The Morgan fingerprint density at radius 1 is 1.21 bits per heavy atom. The number of anilines is 1. The van der Waals surface area contributed by atoms with Gasteiger partial charge in [-0.3, -0.25) is 4.79 Å². The van der Waals surface area contributed by atoms with Gasteiger partial charge >= 0.3 is 5.97 Å². The van der Waals surface area contributed by atoms with Crippen LogP contribution in [0.1, 0.15) is 15.9 Å². The van der Waals surface area contributed by atoms with E-state index in [1.807, 2.05) is 41.3 Å². The maximum Gasteiger partial charge on any atom is 0.337 e. The van der Waals surface area contributed by atoms with Gasteiger partial charge in [0.15, 0.2) is 6.10 Å². The number of primary amides is 1. The van der Waals surface area contributed by atoms with Gasteiger partial charge < -0.3 is 20.1 Å². The summed E-state index contributed by atoms with van der Waals surface area (Å²) >= 11 is 0. The number of ether oxygens (including phenoxy) is 2. The minimum atomic E-state index is -0.686. The first-order chi connectivity index (χ1) is 11.6. The monoisotopic (exact) mass is 326 g/mol. The summed E-state index contributed by atoms with van der Waals surface area (Å²) in [4.78, 5) is 25.1. The van der Waals surface area contributed by atoms with Gasteiger partial charge in [0.2, 0.25) is 0 Å². The van der Waals surface area contributed by atoms with E-state index in [0.717, 1.165) is 11.3 Å². The van der Waals surface area contributed by atoms with Gasteiger partial charge in [-0.1, -0.05) is 24.3 Å². The van der Waals surface area contributed by atoms with Crippen LogP contribution in [0.2, 0.25) is 0 Å². The van der Waals surface area contributed by atoms with Gasteiger partial charge in [-0.15, -0.1) is 0 Å². The molecule has 1 unspecified atom stereocenters. The fourth-order valence-corrected chi connectivity index (χ4v) is 2.69. The highest BCUT2D eigenvalue weighted by atomic mass is 16.5. The van der Waals surface area contributed by atoms with Crippen LogP contribution < -0.4 is 15.4 Å². The van der Waals surface area contributed by atoms with Crippen LogP contribution in [0, 0.1) is 0 Å². The minimum Gasteiger partial charge on any atom is -0.477 e. The molecule has 0 saturated carbocycles. The molecule has 0 aliphatic carbocycles. The Kier molecular flexibility index (Phi) is 4.37. The molecule has 124 valence electrons. The average molecular weight is 326 g/mol. The maximum absolute atomic E-state index is 11.5. The van der Waals surface area contributed by atoms with Gasteiger partial charge in [0.25, 0.3) is 5.91 Å². The van der Waals surface area contributed by atoms with Gasteiger partial charge in [0.1, 0.15) is 5.75 Å². The number of esters is 1. The summed E-state index contributed by atoms with van der Waals surface area (Å²) in [6.45, 7) is 0.955. The highest BCUT2D eigenvalue weighted by molar-refractivity contribution is 5.89. The summed E-state index contributed by atoms with van der Waals surface area (Å²) in [7, 11) is 1.35. The Morgan fingerprint density at radius 2 is 1.92 bits per heavy atom. The summed E-state index contributed by atoms with van der Waals surface area (Å²) in [5.74, 6) is -0.221. The molecule has 6 nitrogen and oxygen atoms in total. The van der Waals surface area contributed by atoms with Gasteiger partial charge in [-0.2, -0.15) is 0 Å². The van der Waals surface area contributed by atoms with E-state index in [1.165, 1.54) is 7.11 Å². The quantitative estimate of drug-likeness (QED) is 0.865. The number of para-hydroxylation sites is 2. The van der Waals surface area contributed by atoms with Crippen LogP contribution in [0.15, 0.2) is 48.5 Å². The number of nitrogens with two attached hydrogens (primary N) is 1. The van der Waals surface area contributed by atoms with E-state index in [4.69, 9.17) is 15.2 Å². The fourth-order valence-electron chi connectivity index (χ4n) is 2.69. The predicted octanol–water partition coefficient (Wildman–Crippen LogP) is 1.73. The van der Waals surface area contributed by atoms with Gasteiger partial charge in [0, 0.05) is 6.54 Å².